The molecule has 0 radical (unpaired) electrons. The Morgan fingerprint density at radius 3 is 2.69 bits per heavy atom. The zero-order valence-electron chi connectivity index (χ0n) is 7.82. The van der Waals surface area contributed by atoms with Crippen molar-refractivity contribution in [3.05, 3.63) is 0 Å². The van der Waals surface area contributed by atoms with Crippen molar-refractivity contribution in [1.82, 2.24) is 0 Å². The molecule has 5 heteroatoms. The highest BCUT2D eigenvalue weighted by Gasteiger charge is 2.44. The number of hydrogen-bond acceptors (Lipinski definition) is 4. The van der Waals surface area contributed by atoms with Crippen molar-refractivity contribution < 1.29 is 14.3 Å². The molecular weight excluding hydrogens is 212 g/mol. The zero-order valence-corrected chi connectivity index (χ0v) is 9.39. The van der Waals surface area contributed by atoms with Gasteiger partial charge in [0.2, 0.25) is 6.29 Å². The van der Waals surface area contributed by atoms with E-state index in [2.05, 4.69) is 0 Å². The van der Waals surface area contributed by atoms with E-state index in [9.17, 15) is 4.79 Å². The van der Waals surface area contributed by atoms with E-state index in [1.54, 1.807) is 11.8 Å². The van der Waals surface area contributed by atoms with Gasteiger partial charge in [-0.2, -0.15) is 0 Å². The van der Waals surface area contributed by atoms with E-state index in [0.717, 1.165) is 0 Å². The summed E-state index contributed by atoms with van der Waals surface area (Å²) in [6, 6.07) is 0. The van der Waals surface area contributed by atoms with E-state index in [1.165, 1.54) is 7.11 Å². The van der Waals surface area contributed by atoms with Gasteiger partial charge in [-0.3, -0.25) is 4.79 Å². The summed E-state index contributed by atoms with van der Waals surface area (Å²) in [5.74, 6) is -0.383. The van der Waals surface area contributed by atoms with Gasteiger partial charge >= 0.3 is 5.97 Å². The van der Waals surface area contributed by atoms with Gasteiger partial charge in [-0.25, -0.2) is 0 Å². The van der Waals surface area contributed by atoms with Gasteiger partial charge in [0.15, 0.2) is 0 Å². The number of esters is 1. The van der Waals surface area contributed by atoms with Gasteiger partial charge in [-0.15, -0.1) is 23.4 Å². The van der Waals surface area contributed by atoms with E-state index in [-0.39, 0.29) is 11.2 Å². The van der Waals surface area contributed by atoms with Crippen LogP contribution >= 0.6 is 23.4 Å². The summed E-state index contributed by atoms with van der Waals surface area (Å²) in [6.45, 7) is 4.09. The molecule has 0 saturated carbocycles. The molecule has 3 atom stereocenters. The molecule has 0 aliphatic carbocycles. The second kappa shape index (κ2) is 4.53. The molecule has 1 rings (SSSR count). The number of rotatable bonds is 3. The minimum Gasteiger partial charge on any atom is -0.433 e. The number of hydrogen-bond donors (Lipinski definition) is 0. The largest absolute Gasteiger partial charge is 0.433 e. The quantitative estimate of drug-likeness (QED) is 0.539. The normalized spacial score (nSPS) is 33.9. The van der Waals surface area contributed by atoms with Crippen molar-refractivity contribution in [3.8, 4) is 0 Å². The van der Waals surface area contributed by atoms with Crippen molar-refractivity contribution in [2.24, 2.45) is 0 Å². The van der Waals surface area contributed by atoms with Crippen LogP contribution in [-0.4, -0.2) is 35.2 Å². The van der Waals surface area contributed by atoms with Crippen LogP contribution in [0.25, 0.3) is 0 Å². The SMILES string of the molecule is COC1OC(=O)C(Cl)C1SC(C)C. The number of alkyl halides is 1. The molecule has 0 aromatic heterocycles. The molecule has 0 spiro atoms. The molecule has 0 bridgehead atoms. The lowest BCUT2D eigenvalue weighted by Crippen LogP contribution is -2.27. The highest BCUT2D eigenvalue weighted by Crippen LogP contribution is 2.33. The van der Waals surface area contributed by atoms with Gasteiger partial charge in [0.05, 0.1) is 5.25 Å². The van der Waals surface area contributed by atoms with Gasteiger partial charge < -0.3 is 9.47 Å². The van der Waals surface area contributed by atoms with Crippen molar-refractivity contribution >= 4 is 29.3 Å². The lowest BCUT2D eigenvalue weighted by molar-refractivity contribution is -0.157. The van der Waals surface area contributed by atoms with E-state index < -0.39 is 11.7 Å². The lowest BCUT2D eigenvalue weighted by atomic mass is 10.3. The average Bonchev–Trinajstić information content (AvgIpc) is 2.31. The summed E-state index contributed by atoms with van der Waals surface area (Å²) in [5, 5.41) is -0.282. The third-order valence-electron chi connectivity index (χ3n) is 1.68. The third kappa shape index (κ3) is 2.51. The lowest BCUT2D eigenvalue weighted by Gasteiger charge is -2.18. The molecular formula is C8H13ClO3S. The molecule has 1 heterocycles. The van der Waals surface area contributed by atoms with Crippen LogP contribution in [0.5, 0.6) is 0 Å². The van der Waals surface area contributed by atoms with Crippen molar-refractivity contribution in [1.29, 1.82) is 0 Å². The summed E-state index contributed by atoms with van der Waals surface area (Å²) < 4.78 is 9.94. The maximum absolute atomic E-state index is 11.1. The van der Waals surface area contributed by atoms with Crippen LogP contribution in [0, 0.1) is 0 Å². The number of cyclic esters (lactones) is 1. The van der Waals surface area contributed by atoms with Gasteiger partial charge in [0, 0.05) is 7.11 Å². The molecule has 76 valence electrons. The number of carbonyl (C=O) groups excluding carboxylic acids is 1. The molecule has 3 nitrogen and oxygen atoms in total. The van der Waals surface area contributed by atoms with Crippen LogP contribution in [0.3, 0.4) is 0 Å². The Balaban J connectivity index is 2.62. The molecule has 1 aliphatic heterocycles. The second-order valence-electron chi connectivity index (χ2n) is 3.09. The van der Waals surface area contributed by atoms with Gasteiger partial charge in [0.1, 0.15) is 5.38 Å². The summed E-state index contributed by atoms with van der Waals surface area (Å²) in [4.78, 5) is 11.1. The van der Waals surface area contributed by atoms with Gasteiger partial charge in [0.25, 0.3) is 0 Å². The van der Waals surface area contributed by atoms with Crippen molar-refractivity contribution in [2.45, 2.75) is 36.0 Å². The van der Waals surface area contributed by atoms with E-state index in [0.29, 0.717) is 5.25 Å². The summed E-state index contributed by atoms with van der Waals surface area (Å²) in [5.41, 5.74) is 0. The molecule has 1 saturated heterocycles. The molecule has 13 heavy (non-hydrogen) atoms. The summed E-state index contributed by atoms with van der Waals surface area (Å²) in [6.07, 6.45) is -0.498. The molecule has 0 N–H and O–H groups in total. The Kier molecular flexibility index (Phi) is 3.88. The minimum absolute atomic E-state index is 0.0980. The molecule has 0 aromatic rings. The van der Waals surface area contributed by atoms with Crippen LogP contribution in [-0.2, 0) is 14.3 Å². The first-order chi connectivity index (χ1) is 6.06. The minimum atomic E-state index is -0.586. The maximum Gasteiger partial charge on any atom is 0.327 e. The van der Waals surface area contributed by atoms with Crippen molar-refractivity contribution in [2.75, 3.05) is 7.11 Å². The average molecular weight is 225 g/mol. The highest BCUT2D eigenvalue weighted by molar-refractivity contribution is 8.00. The number of halogens is 1. The van der Waals surface area contributed by atoms with Crippen LogP contribution in [0.15, 0.2) is 0 Å². The first kappa shape index (κ1) is 11.1. The van der Waals surface area contributed by atoms with Crippen LogP contribution in [0.2, 0.25) is 0 Å². The van der Waals surface area contributed by atoms with Crippen LogP contribution in [0.1, 0.15) is 13.8 Å². The highest BCUT2D eigenvalue weighted by atomic mass is 35.5. The Bertz CT molecular complexity index is 198. The topological polar surface area (TPSA) is 35.5 Å². The van der Waals surface area contributed by atoms with E-state index >= 15 is 0 Å². The fraction of sp³-hybridized carbons (Fsp3) is 0.875. The maximum atomic E-state index is 11.1. The van der Waals surface area contributed by atoms with Crippen LogP contribution in [0.4, 0.5) is 0 Å². The Morgan fingerprint density at radius 2 is 2.23 bits per heavy atom. The van der Waals surface area contributed by atoms with Crippen LogP contribution < -0.4 is 0 Å². The predicted octanol–water partition coefficient (Wildman–Crippen LogP) is 1.63. The molecule has 1 aliphatic rings. The van der Waals surface area contributed by atoms with E-state index in [4.69, 9.17) is 21.1 Å². The van der Waals surface area contributed by atoms with Gasteiger partial charge in [-0.1, -0.05) is 13.8 Å². The molecule has 0 amide bonds. The molecule has 1 fully saturated rings. The Hall–Kier alpha value is 0.0700. The third-order valence-corrected chi connectivity index (χ3v) is 3.63. The second-order valence-corrected chi connectivity index (χ2v) is 5.32. The first-order valence-corrected chi connectivity index (χ1v) is 5.47. The molecule has 3 unspecified atom stereocenters. The summed E-state index contributed by atoms with van der Waals surface area (Å²) in [7, 11) is 1.51. The number of ether oxygens (including phenoxy) is 2. The predicted molar refractivity (Wildman–Crippen MR) is 53.0 cm³/mol. The number of methoxy groups -OCH3 is 1. The monoisotopic (exact) mass is 224 g/mol. The fourth-order valence-electron chi connectivity index (χ4n) is 1.15. The fourth-order valence-corrected chi connectivity index (χ4v) is 2.67. The standard InChI is InChI=1S/C8H13ClO3S/c1-4(2)13-6-5(9)7(10)12-8(6)11-3/h4-6,8H,1-3H3. The zero-order chi connectivity index (χ0) is 10.0. The Morgan fingerprint density at radius 1 is 1.62 bits per heavy atom. The smallest absolute Gasteiger partial charge is 0.327 e. The first-order valence-electron chi connectivity index (χ1n) is 4.09. The van der Waals surface area contributed by atoms with Gasteiger partial charge in [-0.05, 0) is 5.25 Å². The number of thioether (sulfide) groups is 1. The van der Waals surface area contributed by atoms with E-state index in [1.807, 2.05) is 13.8 Å². The van der Waals surface area contributed by atoms with Crippen molar-refractivity contribution in [3.63, 3.8) is 0 Å². The number of carbonyl (C=O) groups is 1. The Labute approximate surface area is 87.1 Å². The molecule has 0 aromatic carbocycles. The summed E-state index contributed by atoms with van der Waals surface area (Å²) >= 11 is 7.47.